The summed E-state index contributed by atoms with van der Waals surface area (Å²) in [5, 5.41) is 0.761. The molecule has 1 aromatic rings. The van der Waals surface area contributed by atoms with Crippen LogP contribution in [0.3, 0.4) is 0 Å². The molecule has 72 valence electrons. The molecule has 1 aromatic heterocycles. The third-order valence-corrected chi connectivity index (χ3v) is 2.29. The van der Waals surface area contributed by atoms with Crippen molar-refractivity contribution in [1.29, 1.82) is 0 Å². The molecule has 1 rings (SSSR count). The van der Waals surface area contributed by atoms with Crippen LogP contribution in [-0.4, -0.2) is 23.0 Å². The lowest BCUT2D eigenvalue weighted by Crippen LogP contribution is -2.22. The molecule has 3 heteroatoms. The van der Waals surface area contributed by atoms with E-state index < -0.39 is 0 Å². The Balaban J connectivity index is 2.62. The summed E-state index contributed by atoms with van der Waals surface area (Å²) in [7, 11) is 0. The van der Waals surface area contributed by atoms with Gasteiger partial charge < -0.3 is 0 Å². The molecule has 1 heterocycles. The van der Waals surface area contributed by atoms with Crippen molar-refractivity contribution < 1.29 is 0 Å². The molecule has 0 saturated heterocycles. The van der Waals surface area contributed by atoms with E-state index in [0.29, 0.717) is 0 Å². The normalized spacial score (nSPS) is 10.8. The summed E-state index contributed by atoms with van der Waals surface area (Å²) in [4.78, 5) is 6.55. The first-order valence-electron chi connectivity index (χ1n) is 4.59. The molecule has 0 bridgehead atoms. The van der Waals surface area contributed by atoms with Gasteiger partial charge in [0.05, 0.1) is 5.69 Å². The largest absolute Gasteiger partial charge is 0.298 e. The standard InChI is InChI=1S/C10H15ClN2/c1-3-13(4-2)8-10-7-9(11)5-6-12-10/h5-7H,3-4,8H2,1-2H3. The van der Waals surface area contributed by atoms with E-state index in [1.54, 1.807) is 12.3 Å². The fraction of sp³-hybridized carbons (Fsp3) is 0.500. The quantitative estimate of drug-likeness (QED) is 0.740. The van der Waals surface area contributed by atoms with Crippen LogP contribution < -0.4 is 0 Å². The van der Waals surface area contributed by atoms with Crippen LogP contribution in [0.25, 0.3) is 0 Å². The van der Waals surface area contributed by atoms with Crippen molar-refractivity contribution in [1.82, 2.24) is 9.88 Å². The van der Waals surface area contributed by atoms with Gasteiger partial charge in [-0.05, 0) is 25.2 Å². The Morgan fingerprint density at radius 2 is 2.08 bits per heavy atom. The van der Waals surface area contributed by atoms with Crippen molar-refractivity contribution in [3.05, 3.63) is 29.0 Å². The summed E-state index contributed by atoms with van der Waals surface area (Å²) in [6.45, 7) is 7.27. The highest BCUT2D eigenvalue weighted by molar-refractivity contribution is 6.30. The highest BCUT2D eigenvalue weighted by Gasteiger charge is 2.01. The predicted molar refractivity (Wildman–Crippen MR) is 55.9 cm³/mol. The van der Waals surface area contributed by atoms with Crippen LogP contribution in [0, 0.1) is 0 Å². The number of rotatable bonds is 4. The first-order valence-corrected chi connectivity index (χ1v) is 4.96. The third kappa shape index (κ3) is 3.33. The van der Waals surface area contributed by atoms with Crippen molar-refractivity contribution in [2.24, 2.45) is 0 Å². The van der Waals surface area contributed by atoms with Crippen molar-refractivity contribution in [3.63, 3.8) is 0 Å². The van der Waals surface area contributed by atoms with E-state index in [2.05, 4.69) is 23.7 Å². The van der Waals surface area contributed by atoms with E-state index in [9.17, 15) is 0 Å². The van der Waals surface area contributed by atoms with Gasteiger partial charge in [0.25, 0.3) is 0 Å². The maximum absolute atomic E-state index is 5.86. The van der Waals surface area contributed by atoms with Gasteiger partial charge in [-0.2, -0.15) is 0 Å². The van der Waals surface area contributed by atoms with Gasteiger partial charge in [-0.15, -0.1) is 0 Å². The highest BCUT2D eigenvalue weighted by Crippen LogP contribution is 2.09. The summed E-state index contributed by atoms with van der Waals surface area (Å²) in [5.41, 5.74) is 1.04. The molecule has 0 atom stereocenters. The van der Waals surface area contributed by atoms with Crippen molar-refractivity contribution in [3.8, 4) is 0 Å². The molecule has 0 aliphatic rings. The van der Waals surface area contributed by atoms with Gasteiger partial charge >= 0.3 is 0 Å². The van der Waals surface area contributed by atoms with Crippen LogP contribution in [0.1, 0.15) is 19.5 Å². The van der Waals surface area contributed by atoms with Crippen LogP contribution in [0.2, 0.25) is 5.02 Å². The monoisotopic (exact) mass is 198 g/mol. The number of halogens is 1. The predicted octanol–water partition coefficient (Wildman–Crippen LogP) is 2.58. The summed E-state index contributed by atoms with van der Waals surface area (Å²) in [5.74, 6) is 0. The minimum Gasteiger partial charge on any atom is -0.298 e. The number of pyridine rings is 1. The lowest BCUT2D eigenvalue weighted by atomic mass is 10.3. The fourth-order valence-electron chi connectivity index (χ4n) is 1.21. The zero-order chi connectivity index (χ0) is 9.68. The Morgan fingerprint density at radius 3 is 2.62 bits per heavy atom. The summed E-state index contributed by atoms with van der Waals surface area (Å²) < 4.78 is 0. The summed E-state index contributed by atoms with van der Waals surface area (Å²) in [6, 6.07) is 3.72. The van der Waals surface area contributed by atoms with Crippen LogP contribution in [0.15, 0.2) is 18.3 Å². The molecule has 0 aromatic carbocycles. The number of aromatic nitrogens is 1. The molecular formula is C10H15ClN2. The molecule has 0 aliphatic heterocycles. The van der Waals surface area contributed by atoms with Gasteiger partial charge in [0.1, 0.15) is 0 Å². The maximum atomic E-state index is 5.86. The van der Waals surface area contributed by atoms with Crippen LogP contribution in [0.5, 0.6) is 0 Å². The van der Waals surface area contributed by atoms with Crippen molar-refractivity contribution in [2.75, 3.05) is 13.1 Å². The second-order valence-electron chi connectivity index (χ2n) is 2.93. The lowest BCUT2D eigenvalue weighted by molar-refractivity contribution is 0.292. The van der Waals surface area contributed by atoms with Gasteiger partial charge in [-0.25, -0.2) is 0 Å². The Labute approximate surface area is 84.5 Å². The molecule has 0 aliphatic carbocycles. The molecule has 0 spiro atoms. The second kappa shape index (κ2) is 5.20. The summed E-state index contributed by atoms with van der Waals surface area (Å²) >= 11 is 5.86. The topological polar surface area (TPSA) is 16.1 Å². The average molecular weight is 199 g/mol. The van der Waals surface area contributed by atoms with E-state index in [1.807, 2.05) is 6.07 Å². The number of hydrogen-bond acceptors (Lipinski definition) is 2. The molecule has 0 N–H and O–H groups in total. The van der Waals surface area contributed by atoms with Crippen molar-refractivity contribution >= 4 is 11.6 Å². The first-order chi connectivity index (χ1) is 6.26. The zero-order valence-corrected chi connectivity index (χ0v) is 8.88. The van der Waals surface area contributed by atoms with Gasteiger partial charge in [0.2, 0.25) is 0 Å². The van der Waals surface area contributed by atoms with Crippen LogP contribution in [0.4, 0.5) is 0 Å². The molecular weight excluding hydrogens is 184 g/mol. The third-order valence-electron chi connectivity index (χ3n) is 2.06. The second-order valence-corrected chi connectivity index (χ2v) is 3.36. The Morgan fingerprint density at radius 1 is 1.38 bits per heavy atom. The maximum Gasteiger partial charge on any atom is 0.0558 e. The Hall–Kier alpha value is -0.600. The minimum atomic E-state index is 0.761. The van der Waals surface area contributed by atoms with Gasteiger partial charge in [-0.1, -0.05) is 25.4 Å². The van der Waals surface area contributed by atoms with E-state index in [0.717, 1.165) is 30.4 Å². The molecule has 0 fully saturated rings. The van der Waals surface area contributed by atoms with Crippen LogP contribution >= 0.6 is 11.6 Å². The first kappa shape index (κ1) is 10.5. The highest BCUT2D eigenvalue weighted by atomic mass is 35.5. The molecule has 0 saturated carbocycles. The minimum absolute atomic E-state index is 0.761. The van der Waals surface area contributed by atoms with E-state index in [-0.39, 0.29) is 0 Å². The lowest BCUT2D eigenvalue weighted by Gasteiger charge is -2.17. The molecule has 0 unspecified atom stereocenters. The van der Waals surface area contributed by atoms with Gasteiger partial charge in [-0.3, -0.25) is 9.88 Å². The zero-order valence-electron chi connectivity index (χ0n) is 8.13. The van der Waals surface area contributed by atoms with Gasteiger partial charge in [0, 0.05) is 17.8 Å². The Bertz CT molecular complexity index is 259. The summed E-state index contributed by atoms with van der Waals surface area (Å²) in [6.07, 6.45) is 1.75. The van der Waals surface area contributed by atoms with E-state index in [4.69, 9.17) is 11.6 Å². The number of nitrogens with zero attached hydrogens (tertiary/aromatic N) is 2. The average Bonchev–Trinajstić information content (AvgIpc) is 2.14. The fourth-order valence-corrected chi connectivity index (χ4v) is 1.39. The Kier molecular flexibility index (Phi) is 4.19. The molecule has 2 nitrogen and oxygen atoms in total. The van der Waals surface area contributed by atoms with Gasteiger partial charge in [0.15, 0.2) is 0 Å². The molecule has 13 heavy (non-hydrogen) atoms. The molecule has 0 amide bonds. The number of hydrogen-bond donors (Lipinski definition) is 0. The SMILES string of the molecule is CCN(CC)Cc1cc(Cl)ccn1. The van der Waals surface area contributed by atoms with Crippen molar-refractivity contribution in [2.45, 2.75) is 20.4 Å². The molecule has 0 radical (unpaired) electrons. The smallest absolute Gasteiger partial charge is 0.0558 e. The van der Waals surface area contributed by atoms with Crippen LogP contribution in [-0.2, 0) is 6.54 Å². The van der Waals surface area contributed by atoms with E-state index in [1.165, 1.54) is 0 Å². The van der Waals surface area contributed by atoms with E-state index >= 15 is 0 Å².